The summed E-state index contributed by atoms with van der Waals surface area (Å²) in [5, 5.41) is 17.9. The van der Waals surface area contributed by atoms with Crippen LogP contribution in [0, 0.1) is 18.3 Å². The van der Waals surface area contributed by atoms with Gasteiger partial charge in [-0.15, -0.1) is 0 Å². The van der Waals surface area contributed by atoms with E-state index in [0.717, 1.165) is 16.7 Å². The summed E-state index contributed by atoms with van der Waals surface area (Å²) >= 11 is 0. The van der Waals surface area contributed by atoms with E-state index < -0.39 is 5.97 Å². The van der Waals surface area contributed by atoms with Crippen molar-refractivity contribution in [3.8, 4) is 17.2 Å². The highest BCUT2D eigenvalue weighted by Gasteiger charge is 2.07. The number of rotatable bonds is 2. The van der Waals surface area contributed by atoms with Crippen LogP contribution in [0.5, 0.6) is 0 Å². The monoisotopic (exact) mass is 237 g/mol. The fraction of sp³-hybridized carbons (Fsp3) is 0.0667. The first-order chi connectivity index (χ1) is 8.61. The lowest BCUT2D eigenvalue weighted by Crippen LogP contribution is -1.96. The minimum atomic E-state index is -0.953. The topological polar surface area (TPSA) is 61.1 Å². The molecule has 88 valence electrons. The second-order valence-electron chi connectivity index (χ2n) is 4.03. The zero-order valence-corrected chi connectivity index (χ0v) is 9.84. The third-order valence-corrected chi connectivity index (χ3v) is 2.79. The molecule has 2 aromatic carbocycles. The average molecular weight is 237 g/mol. The molecular weight excluding hydrogens is 226 g/mol. The molecule has 3 nitrogen and oxygen atoms in total. The molecule has 0 unspecified atom stereocenters. The molecular formula is C15H11NO2. The van der Waals surface area contributed by atoms with Crippen molar-refractivity contribution in [3.63, 3.8) is 0 Å². The highest BCUT2D eigenvalue weighted by Crippen LogP contribution is 2.25. The summed E-state index contributed by atoms with van der Waals surface area (Å²) in [5.74, 6) is -0.953. The van der Waals surface area contributed by atoms with Crippen LogP contribution in [0.2, 0.25) is 0 Å². The molecule has 0 aromatic heterocycles. The lowest BCUT2D eigenvalue weighted by atomic mass is 9.97. The average Bonchev–Trinajstić information content (AvgIpc) is 2.39. The summed E-state index contributed by atoms with van der Waals surface area (Å²) in [6.07, 6.45) is 0. The van der Waals surface area contributed by atoms with Crippen molar-refractivity contribution in [3.05, 3.63) is 59.2 Å². The number of carboxylic acid groups (broad SMARTS) is 1. The number of hydrogen-bond donors (Lipinski definition) is 1. The zero-order chi connectivity index (χ0) is 13.1. The second-order valence-corrected chi connectivity index (χ2v) is 4.03. The van der Waals surface area contributed by atoms with Gasteiger partial charge in [-0.2, -0.15) is 5.26 Å². The Balaban J connectivity index is 2.58. The van der Waals surface area contributed by atoms with E-state index in [1.165, 1.54) is 0 Å². The summed E-state index contributed by atoms with van der Waals surface area (Å²) < 4.78 is 0. The maximum absolute atomic E-state index is 10.9. The molecule has 2 aromatic rings. The lowest BCUT2D eigenvalue weighted by molar-refractivity contribution is 0.0697. The standard InChI is InChI=1S/C15H11NO2/c1-10-5-6-11(9-16)7-14(10)12-3-2-4-13(8-12)15(17)18/h2-8H,1H3,(H,17,18). The van der Waals surface area contributed by atoms with E-state index in [-0.39, 0.29) is 5.56 Å². The quantitative estimate of drug-likeness (QED) is 0.872. The van der Waals surface area contributed by atoms with Crippen molar-refractivity contribution in [1.29, 1.82) is 5.26 Å². The van der Waals surface area contributed by atoms with Crippen LogP contribution in [0.3, 0.4) is 0 Å². The van der Waals surface area contributed by atoms with E-state index in [4.69, 9.17) is 10.4 Å². The molecule has 0 saturated heterocycles. The van der Waals surface area contributed by atoms with Crippen LogP contribution in [-0.2, 0) is 0 Å². The van der Waals surface area contributed by atoms with Crippen molar-refractivity contribution < 1.29 is 9.90 Å². The predicted molar refractivity (Wildman–Crippen MR) is 68.3 cm³/mol. The summed E-state index contributed by atoms with van der Waals surface area (Å²) in [5.41, 5.74) is 3.52. The third-order valence-electron chi connectivity index (χ3n) is 2.79. The van der Waals surface area contributed by atoms with E-state index in [9.17, 15) is 4.79 Å². The molecule has 0 aliphatic carbocycles. The lowest BCUT2D eigenvalue weighted by Gasteiger charge is -2.07. The minimum Gasteiger partial charge on any atom is -0.478 e. The van der Waals surface area contributed by atoms with Gasteiger partial charge in [-0.3, -0.25) is 0 Å². The van der Waals surface area contributed by atoms with Crippen LogP contribution in [0.1, 0.15) is 21.5 Å². The molecule has 0 atom stereocenters. The van der Waals surface area contributed by atoms with Gasteiger partial charge in [0.05, 0.1) is 17.2 Å². The Labute approximate surface area is 105 Å². The van der Waals surface area contributed by atoms with E-state index in [2.05, 4.69) is 6.07 Å². The van der Waals surface area contributed by atoms with Gasteiger partial charge in [0.2, 0.25) is 0 Å². The number of aromatic carboxylic acids is 1. The van der Waals surface area contributed by atoms with Gasteiger partial charge in [0.25, 0.3) is 0 Å². The highest BCUT2D eigenvalue weighted by atomic mass is 16.4. The Morgan fingerprint density at radius 1 is 1.22 bits per heavy atom. The van der Waals surface area contributed by atoms with Crippen LogP contribution in [-0.4, -0.2) is 11.1 Å². The van der Waals surface area contributed by atoms with Crippen molar-refractivity contribution in [1.82, 2.24) is 0 Å². The molecule has 0 aliphatic rings. The molecule has 0 amide bonds. The molecule has 1 N–H and O–H groups in total. The SMILES string of the molecule is Cc1ccc(C#N)cc1-c1cccc(C(=O)O)c1. The number of carboxylic acids is 1. The fourth-order valence-corrected chi connectivity index (χ4v) is 1.82. The number of benzene rings is 2. The minimum absolute atomic E-state index is 0.245. The summed E-state index contributed by atoms with van der Waals surface area (Å²) in [6.45, 7) is 1.93. The first kappa shape index (κ1) is 11.9. The molecule has 18 heavy (non-hydrogen) atoms. The Bertz CT molecular complexity index is 654. The maximum Gasteiger partial charge on any atom is 0.335 e. The van der Waals surface area contributed by atoms with Crippen LogP contribution < -0.4 is 0 Å². The fourth-order valence-electron chi connectivity index (χ4n) is 1.82. The normalized spacial score (nSPS) is 9.78. The van der Waals surface area contributed by atoms with E-state index in [1.54, 1.807) is 30.3 Å². The predicted octanol–water partition coefficient (Wildman–Crippen LogP) is 3.23. The van der Waals surface area contributed by atoms with E-state index >= 15 is 0 Å². The van der Waals surface area contributed by atoms with Gasteiger partial charge >= 0.3 is 5.97 Å². The van der Waals surface area contributed by atoms with Gasteiger partial charge in [0, 0.05) is 0 Å². The van der Waals surface area contributed by atoms with Crippen molar-refractivity contribution in [2.24, 2.45) is 0 Å². The number of nitriles is 1. The van der Waals surface area contributed by atoms with Gasteiger partial charge in [-0.25, -0.2) is 4.79 Å². The number of carbonyl (C=O) groups is 1. The molecule has 0 saturated carbocycles. The molecule has 0 radical (unpaired) electrons. The number of aryl methyl sites for hydroxylation is 1. The van der Waals surface area contributed by atoms with Gasteiger partial charge in [-0.05, 0) is 47.9 Å². The zero-order valence-electron chi connectivity index (χ0n) is 9.84. The van der Waals surface area contributed by atoms with E-state index in [1.807, 2.05) is 19.1 Å². The first-order valence-corrected chi connectivity index (χ1v) is 5.46. The molecule has 0 bridgehead atoms. The summed E-state index contributed by atoms with van der Waals surface area (Å²) in [6, 6.07) is 14.2. The largest absolute Gasteiger partial charge is 0.478 e. The van der Waals surface area contributed by atoms with Gasteiger partial charge < -0.3 is 5.11 Å². The van der Waals surface area contributed by atoms with Gasteiger partial charge in [0.15, 0.2) is 0 Å². The molecule has 0 aliphatic heterocycles. The Kier molecular flexibility index (Phi) is 3.11. The molecule has 0 fully saturated rings. The Morgan fingerprint density at radius 3 is 2.67 bits per heavy atom. The van der Waals surface area contributed by atoms with Gasteiger partial charge in [-0.1, -0.05) is 18.2 Å². The summed E-state index contributed by atoms with van der Waals surface area (Å²) in [4.78, 5) is 10.9. The van der Waals surface area contributed by atoms with Crippen LogP contribution >= 0.6 is 0 Å². The maximum atomic E-state index is 10.9. The second kappa shape index (κ2) is 4.72. The Hall–Kier alpha value is -2.60. The molecule has 3 heteroatoms. The Morgan fingerprint density at radius 2 is 2.00 bits per heavy atom. The smallest absolute Gasteiger partial charge is 0.335 e. The molecule has 0 spiro atoms. The number of nitrogens with zero attached hydrogens (tertiary/aromatic N) is 1. The number of hydrogen-bond acceptors (Lipinski definition) is 2. The van der Waals surface area contributed by atoms with Crippen LogP contribution in [0.15, 0.2) is 42.5 Å². The van der Waals surface area contributed by atoms with Crippen molar-refractivity contribution in [2.75, 3.05) is 0 Å². The highest BCUT2D eigenvalue weighted by molar-refractivity contribution is 5.89. The van der Waals surface area contributed by atoms with Crippen LogP contribution in [0.4, 0.5) is 0 Å². The molecule has 2 rings (SSSR count). The van der Waals surface area contributed by atoms with Crippen molar-refractivity contribution >= 4 is 5.97 Å². The van der Waals surface area contributed by atoms with Crippen LogP contribution in [0.25, 0.3) is 11.1 Å². The first-order valence-electron chi connectivity index (χ1n) is 5.46. The third kappa shape index (κ3) is 2.23. The molecule has 0 heterocycles. The van der Waals surface area contributed by atoms with Crippen molar-refractivity contribution in [2.45, 2.75) is 6.92 Å². The summed E-state index contributed by atoms with van der Waals surface area (Å²) in [7, 11) is 0. The van der Waals surface area contributed by atoms with E-state index in [0.29, 0.717) is 5.56 Å². The van der Waals surface area contributed by atoms with Gasteiger partial charge in [0.1, 0.15) is 0 Å².